The molecule has 2 aliphatic rings. The summed E-state index contributed by atoms with van der Waals surface area (Å²) in [5.41, 5.74) is 0.465. The van der Waals surface area contributed by atoms with Crippen molar-refractivity contribution in [2.75, 3.05) is 13.1 Å². The van der Waals surface area contributed by atoms with Gasteiger partial charge in [0.05, 0.1) is 5.56 Å². The van der Waals surface area contributed by atoms with Crippen LogP contribution in [0.15, 0.2) is 29.3 Å². The van der Waals surface area contributed by atoms with Gasteiger partial charge in [-0.3, -0.25) is 0 Å². The van der Waals surface area contributed by atoms with Gasteiger partial charge >= 0.3 is 0 Å². The third kappa shape index (κ3) is 1.41. The lowest BCUT2D eigenvalue weighted by molar-refractivity contribution is 0.224. The third-order valence-corrected chi connectivity index (χ3v) is 2.78. The van der Waals surface area contributed by atoms with Crippen LogP contribution in [0.2, 0.25) is 0 Å². The molecule has 1 N–H and O–H groups in total. The molecule has 2 aliphatic heterocycles. The molecule has 1 aromatic carbocycles. The minimum Gasteiger partial charge on any atom is -0.470 e. The molecule has 3 rings (SSSR count). The quantitative estimate of drug-likeness (QED) is 0.742. The van der Waals surface area contributed by atoms with Gasteiger partial charge in [0.2, 0.25) is 5.90 Å². The van der Waals surface area contributed by atoms with Crippen LogP contribution >= 0.6 is 0 Å². The van der Waals surface area contributed by atoms with Crippen LogP contribution in [0.4, 0.5) is 4.39 Å². The predicted molar refractivity (Wildman–Crippen MR) is 54.5 cm³/mol. The summed E-state index contributed by atoms with van der Waals surface area (Å²) >= 11 is 0. The topological polar surface area (TPSA) is 33.6 Å². The van der Waals surface area contributed by atoms with Crippen molar-refractivity contribution < 1.29 is 9.13 Å². The van der Waals surface area contributed by atoms with Crippen LogP contribution in [0, 0.1) is 5.82 Å². The van der Waals surface area contributed by atoms with Crippen LogP contribution in [0.5, 0.6) is 0 Å². The zero-order valence-corrected chi connectivity index (χ0v) is 8.11. The van der Waals surface area contributed by atoms with E-state index in [4.69, 9.17) is 4.74 Å². The second-order valence-corrected chi connectivity index (χ2v) is 3.80. The van der Waals surface area contributed by atoms with Crippen molar-refractivity contribution in [1.82, 2.24) is 5.32 Å². The van der Waals surface area contributed by atoms with E-state index in [-0.39, 0.29) is 18.0 Å². The minimum absolute atomic E-state index is 0.0830. The van der Waals surface area contributed by atoms with E-state index in [0.717, 1.165) is 13.1 Å². The van der Waals surface area contributed by atoms with Crippen LogP contribution in [-0.4, -0.2) is 31.1 Å². The number of fused-ring (bicyclic) bond motifs is 1. The summed E-state index contributed by atoms with van der Waals surface area (Å²) in [6, 6.07) is 6.73. The maximum Gasteiger partial charge on any atom is 0.219 e. The van der Waals surface area contributed by atoms with E-state index < -0.39 is 0 Å². The van der Waals surface area contributed by atoms with Crippen molar-refractivity contribution in [3.8, 4) is 0 Å². The summed E-state index contributed by atoms with van der Waals surface area (Å²) < 4.78 is 19.0. The zero-order valence-electron chi connectivity index (χ0n) is 8.11. The molecule has 0 aliphatic carbocycles. The maximum atomic E-state index is 13.4. The van der Waals surface area contributed by atoms with Gasteiger partial charge in [-0.25, -0.2) is 9.38 Å². The predicted octanol–water partition coefficient (Wildman–Crippen LogP) is 0.943. The highest BCUT2D eigenvalue weighted by atomic mass is 19.1. The van der Waals surface area contributed by atoms with Gasteiger partial charge in [-0.2, -0.15) is 0 Å². The van der Waals surface area contributed by atoms with Crippen LogP contribution in [-0.2, 0) is 4.74 Å². The largest absolute Gasteiger partial charge is 0.470 e. The molecule has 2 atom stereocenters. The Balaban J connectivity index is 1.93. The smallest absolute Gasteiger partial charge is 0.219 e. The monoisotopic (exact) mass is 206 g/mol. The second-order valence-electron chi connectivity index (χ2n) is 3.80. The summed E-state index contributed by atoms with van der Waals surface area (Å²) in [5, 5.41) is 3.19. The minimum atomic E-state index is -0.274. The van der Waals surface area contributed by atoms with Gasteiger partial charge in [0.1, 0.15) is 18.0 Å². The number of nitrogens with zero attached hydrogens (tertiary/aromatic N) is 1. The first-order chi connectivity index (χ1) is 7.34. The SMILES string of the molecule is Fc1ccccc1C1=NC2CNCC2O1. The Morgan fingerprint density at radius 3 is 3.00 bits per heavy atom. The summed E-state index contributed by atoms with van der Waals surface area (Å²) in [4.78, 5) is 4.37. The lowest BCUT2D eigenvalue weighted by Gasteiger charge is -2.08. The average molecular weight is 206 g/mol. The number of halogens is 1. The van der Waals surface area contributed by atoms with Crippen molar-refractivity contribution in [3.05, 3.63) is 35.6 Å². The molecule has 0 radical (unpaired) electrons. The number of hydrogen-bond acceptors (Lipinski definition) is 3. The van der Waals surface area contributed by atoms with E-state index in [1.807, 2.05) is 0 Å². The molecule has 1 aromatic rings. The molecule has 0 bridgehead atoms. The van der Waals surface area contributed by atoms with Crippen molar-refractivity contribution >= 4 is 5.90 Å². The van der Waals surface area contributed by atoms with Crippen LogP contribution in [0.1, 0.15) is 5.56 Å². The molecule has 15 heavy (non-hydrogen) atoms. The Hall–Kier alpha value is -1.42. The third-order valence-electron chi connectivity index (χ3n) is 2.78. The summed E-state index contributed by atoms with van der Waals surface area (Å²) in [7, 11) is 0. The van der Waals surface area contributed by atoms with E-state index in [2.05, 4.69) is 10.3 Å². The van der Waals surface area contributed by atoms with Crippen molar-refractivity contribution in [2.45, 2.75) is 12.1 Å². The van der Waals surface area contributed by atoms with Gasteiger partial charge in [0, 0.05) is 13.1 Å². The summed E-state index contributed by atoms with van der Waals surface area (Å²) in [5.74, 6) is 0.175. The highest BCUT2D eigenvalue weighted by Gasteiger charge is 2.35. The van der Waals surface area contributed by atoms with Gasteiger partial charge in [-0.15, -0.1) is 0 Å². The molecule has 0 spiro atoms. The van der Waals surface area contributed by atoms with Crippen LogP contribution in [0.25, 0.3) is 0 Å². The van der Waals surface area contributed by atoms with E-state index in [0.29, 0.717) is 11.5 Å². The molecule has 2 unspecified atom stereocenters. The first kappa shape index (κ1) is 8.85. The molecule has 78 valence electrons. The molecule has 0 amide bonds. The molecule has 0 aromatic heterocycles. The van der Waals surface area contributed by atoms with E-state index >= 15 is 0 Å². The van der Waals surface area contributed by atoms with Crippen LogP contribution in [0.3, 0.4) is 0 Å². The molecular weight excluding hydrogens is 195 g/mol. The first-order valence-electron chi connectivity index (χ1n) is 5.04. The highest BCUT2D eigenvalue weighted by Crippen LogP contribution is 2.21. The number of rotatable bonds is 1. The Kier molecular flexibility index (Phi) is 1.95. The lowest BCUT2D eigenvalue weighted by atomic mass is 10.2. The van der Waals surface area contributed by atoms with E-state index in [9.17, 15) is 4.39 Å². The molecule has 1 saturated heterocycles. The molecule has 3 nitrogen and oxygen atoms in total. The Labute approximate surface area is 87.0 Å². The standard InChI is InChI=1S/C11H11FN2O/c12-8-4-2-1-3-7(8)11-14-9-5-13-6-10(9)15-11/h1-4,9-10,13H,5-6H2. The first-order valence-corrected chi connectivity index (χ1v) is 5.04. The van der Waals surface area contributed by atoms with E-state index in [1.54, 1.807) is 18.2 Å². The zero-order chi connectivity index (χ0) is 10.3. The van der Waals surface area contributed by atoms with Crippen molar-refractivity contribution in [1.29, 1.82) is 0 Å². The molecule has 1 fully saturated rings. The van der Waals surface area contributed by atoms with Gasteiger partial charge < -0.3 is 10.1 Å². The van der Waals surface area contributed by atoms with Gasteiger partial charge in [0.25, 0.3) is 0 Å². The Bertz CT molecular complexity index is 419. The number of benzene rings is 1. The van der Waals surface area contributed by atoms with Gasteiger partial charge in [-0.05, 0) is 12.1 Å². The maximum absolute atomic E-state index is 13.4. The molecule has 4 heteroatoms. The Morgan fingerprint density at radius 2 is 2.20 bits per heavy atom. The fourth-order valence-corrected chi connectivity index (χ4v) is 1.98. The molecule has 2 heterocycles. The van der Waals surface area contributed by atoms with Gasteiger partial charge in [-0.1, -0.05) is 12.1 Å². The van der Waals surface area contributed by atoms with E-state index in [1.165, 1.54) is 6.07 Å². The average Bonchev–Trinajstić information content (AvgIpc) is 2.77. The molecular formula is C11H11FN2O. The fourth-order valence-electron chi connectivity index (χ4n) is 1.98. The Morgan fingerprint density at radius 1 is 1.33 bits per heavy atom. The highest BCUT2D eigenvalue weighted by molar-refractivity contribution is 5.95. The molecule has 0 saturated carbocycles. The van der Waals surface area contributed by atoms with Crippen LogP contribution < -0.4 is 5.32 Å². The second kappa shape index (κ2) is 3.31. The summed E-state index contributed by atoms with van der Waals surface area (Å²) in [6.07, 6.45) is 0.0830. The summed E-state index contributed by atoms with van der Waals surface area (Å²) in [6.45, 7) is 1.62. The normalized spacial score (nSPS) is 28.5. The van der Waals surface area contributed by atoms with Crippen molar-refractivity contribution in [3.63, 3.8) is 0 Å². The fraction of sp³-hybridized carbons (Fsp3) is 0.364. The number of nitrogens with one attached hydrogen (secondary N) is 1. The lowest BCUT2D eigenvalue weighted by Crippen LogP contribution is -2.20. The van der Waals surface area contributed by atoms with Crippen molar-refractivity contribution in [2.24, 2.45) is 4.99 Å². The number of hydrogen-bond donors (Lipinski definition) is 1. The number of aliphatic imine (C=N–C) groups is 1. The van der Waals surface area contributed by atoms with Gasteiger partial charge in [0.15, 0.2) is 0 Å². The number of ether oxygens (including phenoxy) is 1.